The molecule has 2 aromatic carbocycles. The van der Waals surface area contributed by atoms with E-state index < -0.39 is 5.60 Å². The lowest BCUT2D eigenvalue weighted by atomic mass is 9.79. The first kappa shape index (κ1) is 14.3. The van der Waals surface area contributed by atoms with Gasteiger partial charge in [-0.1, -0.05) is 48.9 Å². The maximum atomic E-state index is 13.7. The highest BCUT2D eigenvalue weighted by molar-refractivity contribution is 5.31. The van der Waals surface area contributed by atoms with Gasteiger partial charge in [-0.05, 0) is 48.4 Å². The van der Waals surface area contributed by atoms with Crippen LogP contribution in [0.5, 0.6) is 0 Å². The van der Waals surface area contributed by atoms with Crippen molar-refractivity contribution in [1.29, 1.82) is 0 Å². The molecule has 0 saturated heterocycles. The lowest BCUT2D eigenvalue weighted by Gasteiger charge is -2.28. The Hall–Kier alpha value is -1.67. The van der Waals surface area contributed by atoms with Gasteiger partial charge in [0.1, 0.15) is 5.82 Å². The predicted octanol–water partition coefficient (Wildman–Crippen LogP) is 4.54. The second-order valence-corrected chi connectivity index (χ2v) is 6.29. The van der Waals surface area contributed by atoms with Crippen molar-refractivity contribution in [3.8, 4) is 0 Å². The fourth-order valence-electron chi connectivity index (χ4n) is 2.97. The van der Waals surface area contributed by atoms with Gasteiger partial charge in [0.15, 0.2) is 0 Å². The molecule has 1 saturated carbocycles. The maximum Gasteiger partial charge on any atom is 0.126 e. The molecule has 3 rings (SSSR count). The molecule has 0 amide bonds. The third kappa shape index (κ3) is 3.01. The van der Waals surface area contributed by atoms with Crippen LogP contribution in [0, 0.1) is 5.82 Å². The van der Waals surface area contributed by atoms with Crippen LogP contribution in [0.3, 0.4) is 0 Å². The highest BCUT2D eigenvalue weighted by Gasteiger charge is 2.26. The first-order valence-corrected chi connectivity index (χ1v) is 7.62. The Labute approximate surface area is 125 Å². The molecule has 0 aliphatic heterocycles. The van der Waals surface area contributed by atoms with Gasteiger partial charge in [0.05, 0.1) is 5.60 Å². The summed E-state index contributed by atoms with van der Waals surface area (Å²) in [5.74, 6) is 0.430. The summed E-state index contributed by atoms with van der Waals surface area (Å²) in [6, 6.07) is 14.8. The monoisotopic (exact) mass is 284 g/mol. The van der Waals surface area contributed by atoms with Crippen LogP contribution in [0.25, 0.3) is 0 Å². The highest BCUT2D eigenvalue weighted by Crippen LogP contribution is 2.37. The topological polar surface area (TPSA) is 20.2 Å². The summed E-state index contributed by atoms with van der Waals surface area (Å²) < 4.78 is 13.7. The molecular formula is C19H21FO. The minimum atomic E-state index is -1.06. The van der Waals surface area contributed by atoms with Crippen LogP contribution >= 0.6 is 0 Å². The van der Waals surface area contributed by atoms with Gasteiger partial charge in [-0.15, -0.1) is 0 Å². The molecule has 110 valence electrons. The molecular weight excluding hydrogens is 263 g/mol. The summed E-state index contributed by atoms with van der Waals surface area (Å²) in [5.41, 5.74) is 1.69. The summed E-state index contributed by atoms with van der Waals surface area (Å²) in [6.07, 6.45) is 4.13. The van der Waals surface area contributed by atoms with E-state index in [9.17, 15) is 9.50 Å². The van der Waals surface area contributed by atoms with E-state index in [2.05, 4.69) is 12.1 Å². The fourth-order valence-corrected chi connectivity index (χ4v) is 2.97. The third-order valence-electron chi connectivity index (χ3n) is 4.60. The molecule has 0 bridgehead atoms. The molecule has 1 fully saturated rings. The third-order valence-corrected chi connectivity index (χ3v) is 4.60. The van der Waals surface area contributed by atoms with E-state index in [1.165, 1.54) is 30.9 Å². The summed E-state index contributed by atoms with van der Waals surface area (Å²) in [6.45, 7) is 1.75. The van der Waals surface area contributed by atoms with Crippen LogP contribution < -0.4 is 0 Å². The normalized spacial score (nSPS) is 18.0. The molecule has 2 heteroatoms. The minimum absolute atomic E-state index is 0.260. The molecule has 1 unspecified atom stereocenters. The molecule has 0 aromatic heterocycles. The van der Waals surface area contributed by atoms with E-state index in [4.69, 9.17) is 0 Å². The zero-order chi connectivity index (χ0) is 14.9. The number of rotatable bonds is 4. The summed E-state index contributed by atoms with van der Waals surface area (Å²) in [7, 11) is 0. The van der Waals surface area contributed by atoms with Crippen LogP contribution in [0.4, 0.5) is 4.39 Å². The molecule has 0 spiro atoms. The molecule has 1 nitrogen and oxygen atoms in total. The SMILES string of the molecule is CC(O)(Cc1ccccc1F)c1ccc(C2CCC2)cc1. The number of benzene rings is 2. The van der Waals surface area contributed by atoms with Crippen molar-refractivity contribution >= 4 is 0 Å². The molecule has 0 heterocycles. The lowest BCUT2D eigenvalue weighted by molar-refractivity contribution is 0.0566. The first-order valence-electron chi connectivity index (χ1n) is 7.62. The van der Waals surface area contributed by atoms with Gasteiger partial charge >= 0.3 is 0 Å². The van der Waals surface area contributed by atoms with Crippen LogP contribution in [0.2, 0.25) is 0 Å². The van der Waals surface area contributed by atoms with Crippen molar-refractivity contribution in [2.45, 2.75) is 44.1 Å². The number of aliphatic hydroxyl groups is 1. The summed E-state index contributed by atoms with van der Waals surface area (Å²) >= 11 is 0. The molecule has 1 atom stereocenters. The zero-order valence-corrected chi connectivity index (χ0v) is 12.3. The Morgan fingerprint density at radius 1 is 1.10 bits per heavy atom. The Morgan fingerprint density at radius 2 is 1.76 bits per heavy atom. The molecule has 21 heavy (non-hydrogen) atoms. The fraction of sp³-hybridized carbons (Fsp3) is 0.368. The predicted molar refractivity (Wildman–Crippen MR) is 82.7 cm³/mol. The first-order chi connectivity index (χ1) is 10.1. The van der Waals surface area contributed by atoms with E-state index >= 15 is 0 Å². The molecule has 2 aromatic rings. The van der Waals surface area contributed by atoms with Gasteiger partial charge in [0.25, 0.3) is 0 Å². The second-order valence-electron chi connectivity index (χ2n) is 6.29. The van der Waals surface area contributed by atoms with Crippen molar-refractivity contribution in [2.75, 3.05) is 0 Å². The van der Waals surface area contributed by atoms with E-state index in [1.807, 2.05) is 12.1 Å². The average Bonchev–Trinajstić information content (AvgIpc) is 2.40. The van der Waals surface area contributed by atoms with E-state index in [1.54, 1.807) is 25.1 Å². The van der Waals surface area contributed by atoms with Gasteiger partial charge < -0.3 is 5.11 Å². The van der Waals surface area contributed by atoms with Gasteiger partial charge in [-0.2, -0.15) is 0 Å². The van der Waals surface area contributed by atoms with Crippen LogP contribution in [-0.4, -0.2) is 5.11 Å². The number of halogens is 1. The van der Waals surface area contributed by atoms with Crippen LogP contribution in [-0.2, 0) is 12.0 Å². The Balaban J connectivity index is 1.79. The van der Waals surface area contributed by atoms with E-state index in [0.717, 1.165) is 5.56 Å². The van der Waals surface area contributed by atoms with Crippen molar-refractivity contribution in [1.82, 2.24) is 0 Å². The van der Waals surface area contributed by atoms with Crippen LogP contribution in [0.15, 0.2) is 48.5 Å². The molecule has 1 aliphatic carbocycles. The number of hydrogen-bond acceptors (Lipinski definition) is 1. The van der Waals surface area contributed by atoms with Crippen molar-refractivity contribution in [2.24, 2.45) is 0 Å². The van der Waals surface area contributed by atoms with Gasteiger partial charge in [0.2, 0.25) is 0 Å². The van der Waals surface area contributed by atoms with Gasteiger partial charge in [0, 0.05) is 6.42 Å². The highest BCUT2D eigenvalue weighted by atomic mass is 19.1. The summed E-state index contributed by atoms with van der Waals surface area (Å²) in [5, 5.41) is 10.7. The van der Waals surface area contributed by atoms with Crippen molar-refractivity contribution in [3.63, 3.8) is 0 Å². The Kier molecular flexibility index (Phi) is 3.81. The van der Waals surface area contributed by atoms with E-state index in [-0.39, 0.29) is 12.2 Å². The summed E-state index contributed by atoms with van der Waals surface area (Å²) in [4.78, 5) is 0. The second kappa shape index (κ2) is 5.61. The molecule has 1 N–H and O–H groups in total. The van der Waals surface area contributed by atoms with Crippen molar-refractivity contribution < 1.29 is 9.50 Å². The quantitative estimate of drug-likeness (QED) is 0.873. The van der Waals surface area contributed by atoms with E-state index in [0.29, 0.717) is 11.5 Å². The standard InChI is InChI=1S/C19H21FO/c1-19(21,13-16-5-2-3-8-18(16)20)17-11-9-15(10-12-17)14-6-4-7-14/h2-3,5,8-12,14,21H,4,6-7,13H2,1H3. The Morgan fingerprint density at radius 3 is 2.33 bits per heavy atom. The smallest absolute Gasteiger partial charge is 0.126 e. The molecule has 1 aliphatic rings. The minimum Gasteiger partial charge on any atom is -0.385 e. The maximum absolute atomic E-state index is 13.7. The average molecular weight is 284 g/mol. The van der Waals surface area contributed by atoms with Crippen molar-refractivity contribution in [3.05, 3.63) is 71.0 Å². The molecule has 0 radical (unpaired) electrons. The Bertz CT molecular complexity index is 612. The zero-order valence-electron chi connectivity index (χ0n) is 12.3. The number of hydrogen-bond donors (Lipinski definition) is 1. The lowest BCUT2D eigenvalue weighted by Crippen LogP contribution is -2.25. The van der Waals surface area contributed by atoms with Gasteiger partial charge in [-0.3, -0.25) is 0 Å². The largest absolute Gasteiger partial charge is 0.385 e. The van der Waals surface area contributed by atoms with Crippen LogP contribution in [0.1, 0.15) is 48.8 Å². The van der Waals surface area contributed by atoms with Gasteiger partial charge in [-0.25, -0.2) is 4.39 Å².